The second-order valence-electron chi connectivity index (χ2n) is 2.35. The van der Waals surface area contributed by atoms with Gasteiger partial charge in [0.2, 0.25) is 0 Å². The predicted octanol–water partition coefficient (Wildman–Crippen LogP) is 2.73. The molecule has 0 rings (SSSR count). The SMILES string of the molecule is CCOC(OCC)/C(C)=C\CBr. The Hall–Kier alpha value is 0.140. The van der Waals surface area contributed by atoms with E-state index in [0.29, 0.717) is 13.2 Å². The quantitative estimate of drug-likeness (QED) is 0.401. The standard InChI is InChI=1S/C9H17BrO2/c1-4-11-9(12-5-2)8(3)6-7-10/h6,9H,4-5,7H2,1-3H3/b8-6-. The molecule has 0 aliphatic heterocycles. The molecule has 0 unspecified atom stereocenters. The molecule has 0 saturated carbocycles. The largest absolute Gasteiger partial charge is 0.349 e. The minimum atomic E-state index is -0.169. The lowest BCUT2D eigenvalue weighted by Crippen LogP contribution is -2.18. The van der Waals surface area contributed by atoms with E-state index in [2.05, 4.69) is 22.0 Å². The number of ether oxygens (including phenoxy) is 2. The second-order valence-corrected chi connectivity index (χ2v) is 2.99. The van der Waals surface area contributed by atoms with Crippen LogP contribution >= 0.6 is 15.9 Å². The fourth-order valence-electron chi connectivity index (χ4n) is 0.832. The van der Waals surface area contributed by atoms with Gasteiger partial charge in [-0.3, -0.25) is 0 Å². The molecule has 12 heavy (non-hydrogen) atoms. The summed E-state index contributed by atoms with van der Waals surface area (Å²) < 4.78 is 10.8. The Morgan fingerprint density at radius 2 is 1.83 bits per heavy atom. The van der Waals surface area contributed by atoms with Crippen LogP contribution in [0, 0.1) is 0 Å². The zero-order chi connectivity index (χ0) is 9.40. The summed E-state index contributed by atoms with van der Waals surface area (Å²) in [4.78, 5) is 0. The maximum Gasteiger partial charge on any atom is 0.179 e. The molecule has 0 aromatic heterocycles. The van der Waals surface area contributed by atoms with Crippen LogP contribution in [0.4, 0.5) is 0 Å². The average Bonchev–Trinajstić information content (AvgIpc) is 2.04. The first-order valence-corrected chi connectivity index (χ1v) is 5.34. The first-order chi connectivity index (χ1) is 5.76. The van der Waals surface area contributed by atoms with Gasteiger partial charge in [0.15, 0.2) is 6.29 Å². The summed E-state index contributed by atoms with van der Waals surface area (Å²) in [5.74, 6) is 0. The number of hydrogen-bond donors (Lipinski definition) is 0. The fraction of sp³-hybridized carbons (Fsp3) is 0.778. The highest BCUT2D eigenvalue weighted by atomic mass is 79.9. The lowest BCUT2D eigenvalue weighted by Gasteiger charge is -2.17. The molecule has 0 heterocycles. The summed E-state index contributed by atoms with van der Waals surface area (Å²) in [6, 6.07) is 0. The molecule has 0 radical (unpaired) electrons. The van der Waals surface area contributed by atoms with Crippen LogP contribution < -0.4 is 0 Å². The molecule has 3 heteroatoms. The summed E-state index contributed by atoms with van der Waals surface area (Å²) in [6.45, 7) is 7.30. The van der Waals surface area contributed by atoms with Crippen molar-refractivity contribution in [3.63, 3.8) is 0 Å². The second kappa shape index (κ2) is 7.77. The van der Waals surface area contributed by atoms with Gasteiger partial charge in [0.1, 0.15) is 0 Å². The van der Waals surface area contributed by atoms with Crippen molar-refractivity contribution in [2.45, 2.75) is 27.1 Å². The zero-order valence-corrected chi connectivity index (χ0v) is 9.56. The number of halogens is 1. The topological polar surface area (TPSA) is 18.5 Å². The fourth-order valence-corrected chi connectivity index (χ4v) is 1.34. The van der Waals surface area contributed by atoms with Crippen molar-refractivity contribution < 1.29 is 9.47 Å². The molecule has 0 spiro atoms. The molecule has 0 aliphatic rings. The maximum absolute atomic E-state index is 5.39. The van der Waals surface area contributed by atoms with Crippen LogP contribution in [0.3, 0.4) is 0 Å². The van der Waals surface area contributed by atoms with Gasteiger partial charge in [-0.1, -0.05) is 22.0 Å². The van der Waals surface area contributed by atoms with Crippen molar-refractivity contribution in [2.75, 3.05) is 18.5 Å². The van der Waals surface area contributed by atoms with Gasteiger partial charge in [-0.05, 0) is 26.3 Å². The number of allylic oxidation sites excluding steroid dienone is 1. The van der Waals surface area contributed by atoms with Crippen LogP contribution in [0.5, 0.6) is 0 Å². The summed E-state index contributed by atoms with van der Waals surface area (Å²) >= 11 is 3.33. The van der Waals surface area contributed by atoms with E-state index in [1.54, 1.807) is 0 Å². The van der Waals surface area contributed by atoms with Gasteiger partial charge >= 0.3 is 0 Å². The highest BCUT2D eigenvalue weighted by Crippen LogP contribution is 2.08. The van der Waals surface area contributed by atoms with Crippen molar-refractivity contribution in [1.82, 2.24) is 0 Å². The Kier molecular flexibility index (Phi) is 7.86. The molecule has 0 bridgehead atoms. The van der Waals surface area contributed by atoms with E-state index in [4.69, 9.17) is 9.47 Å². The molecule has 0 fully saturated rings. The third-order valence-electron chi connectivity index (χ3n) is 1.41. The van der Waals surface area contributed by atoms with Crippen LogP contribution in [-0.2, 0) is 9.47 Å². The highest BCUT2D eigenvalue weighted by Gasteiger charge is 2.08. The molecule has 0 atom stereocenters. The first kappa shape index (κ1) is 12.1. The van der Waals surface area contributed by atoms with Crippen molar-refractivity contribution in [1.29, 1.82) is 0 Å². The highest BCUT2D eigenvalue weighted by molar-refractivity contribution is 9.09. The first-order valence-electron chi connectivity index (χ1n) is 4.22. The molecule has 0 aliphatic carbocycles. The van der Waals surface area contributed by atoms with E-state index < -0.39 is 0 Å². The Balaban J connectivity index is 3.98. The minimum Gasteiger partial charge on any atom is -0.349 e. The van der Waals surface area contributed by atoms with Gasteiger partial charge < -0.3 is 9.47 Å². The van der Waals surface area contributed by atoms with Gasteiger partial charge in [0.05, 0.1) is 0 Å². The monoisotopic (exact) mass is 236 g/mol. The van der Waals surface area contributed by atoms with Gasteiger partial charge in [-0.15, -0.1) is 0 Å². The number of alkyl halides is 1. The van der Waals surface area contributed by atoms with Crippen molar-refractivity contribution in [3.8, 4) is 0 Å². The smallest absolute Gasteiger partial charge is 0.179 e. The van der Waals surface area contributed by atoms with Crippen LogP contribution in [-0.4, -0.2) is 24.8 Å². The van der Waals surface area contributed by atoms with Crippen LogP contribution in [0.2, 0.25) is 0 Å². The Morgan fingerprint density at radius 3 is 2.17 bits per heavy atom. The lowest BCUT2D eigenvalue weighted by molar-refractivity contribution is -0.111. The van der Waals surface area contributed by atoms with E-state index in [9.17, 15) is 0 Å². The normalized spacial score (nSPS) is 12.6. The van der Waals surface area contributed by atoms with E-state index >= 15 is 0 Å². The number of rotatable bonds is 6. The van der Waals surface area contributed by atoms with Gasteiger partial charge in [0.25, 0.3) is 0 Å². The molecule has 2 nitrogen and oxygen atoms in total. The van der Waals surface area contributed by atoms with E-state index in [-0.39, 0.29) is 6.29 Å². The summed E-state index contributed by atoms with van der Waals surface area (Å²) in [5.41, 5.74) is 1.12. The Labute approximate surface area is 83.1 Å². The maximum atomic E-state index is 5.39. The molecule has 0 N–H and O–H groups in total. The van der Waals surface area contributed by atoms with E-state index in [1.165, 1.54) is 0 Å². The molecule has 0 aromatic carbocycles. The van der Waals surface area contributed by atoms with Crippen molar-refractivity contribution in [3.05, 3.63) is 11.6 Å². The van der Waals surface area contributed by atoms with E-state index in [0.717, 1.165) is 10.9 Å². The molecular weight excluding hydrogens is 220 g/mol. The van der Waals surface area contributed by atoms with Crippen LogP contribution in [0.25, 0.3) is 0 Å². The van der Waals surface area contributed by atoms with Gasteiger partial charge in [-0.25, -0.2) is 0 Å². The summed E-state index contributed by atoms with van der Waals surface area (Å²) in [6.07, 6.45) is 1.88. The molecule has 0 amide bonds. The molecule has 72 valence electrons. The zero-order valence-electron chi connectivity index (χ0n) is 7.97. The van der Waals surface area contributed by atoms with E-state index in [1.807, 2.05) is 20.8 Å². The van der Waals surface area contributed by atoms with Crippen LogP contribution in [0.1, 0.15) is 20.8 Å². The predicted molar refractivity (Wildman–Crippen MR) is 54.6 cm³/mol. The molecule has 0 aromatic rings. The molecular formula is C9H17BrO2. The third-order valence-corrected chi connectivity index (χ3v) is 1.73. The number of hydrogen-bond acceptors (Lipinski definition) is 2. The minimum absolute atomic E-state index is 0.169. The lowest BCUT2D eigenvalue weighted by atomic mass is 10.3. The van der Waals surface area contributed by atoms with Crippen LogP contribution in [0.15, 0.2) is 11.6 Å². The Bertz CT molecular complexity index is 128. The van der Waals surface area contributed by atoms with Gasteiger partial charge in [-0.2, -0.15) is 0 Å². The van der Waals surface area contributed by atoms with Crippen molar-refractivity contribution >= 4 is 15.9 Å². The van der Waals surface area contributed by atoms with Gasteiger partial charge in [0, 0.05) is 18.5 Å². The van der Waals surface area contributed by atoms with Crippen molar-refractivity contribution in [2.24, 2.45) is 0 Å². The Morgan fingerprint density at radius 1 is 1.33 bits per heavy atom. The third kappa shape index (κ3) is 4.91. The average molecular weight is 237 g/mol. The summed E-state index contributed by atoms with van der Waals surface area (Å²) in [5, 5.41) is 0.843. The summed E-state index contributed by atoms with van der Waals surface area (Å²) in [7, 11) is 0. The molecule has 0 saturated heterocycles.